The summed E-state index contributed by atoms with van der Waals surface area (Å²) in [5.74, 6) is 0.640. The first-order valence-corrected chi connectivity index (χ1v) is 19.7. The average molecular weight is 741 g/mol. The predicted octanol–water partition coefficient (Wildman–Crippen LogP) is 14.9. The van der Waals surface area contributed by atoms with Gasteiger partial charge in [0.2, 0.25) is 5.89 Å². The van der Waals surface area contributed by atoms with Crippen LogP contribution in [0.15, 0.2) is 223 Å². The molecule has 3 heteroatoms. The number of rotatable bonds is 7. The van der Waals surface area contributed by atoms with Crippen LogP contribution in [0.1, 0.15) is 0 Å². The molecule has 272 valence electrons. The molecule has 0 bridgehead atoms. The van der Waals surface area contributed by atoms with Crippen molar-refractivity contribution in [3.8, 4) is 72.8 Å². The third kappa shape index (κ3) is 6.07. The largest absolute Gasteiger partial charge is 0.436 e. The van der Waals surface area contributed by atoms with Gasteiger partial charge in [0.1, 0.15) is 5.52 Å². The topological polar surface area (TPSA) is 31.0 Å². The third-order valence-electron chi connectivity index (χ3n) is 11.3. The molecule has 11 aromatic rings. The van der Waals surface area contributed by atoms with E-state index in [0.29, 0.717) is 5.89 Å². The Morgan fingerprint density at radius 3 is 1.12 bits per heavy atom. The van der Waals surface area contributed by atoms with E-state index in [1.807, 2.05) is 24.3 Å². The maximum atomic E-state index is 5.97. The van der Waals surface area contributed by atoms with E-state index in [1.54, 1.807) is 0 Å². The van der Waals surface area contributed by atoms with Crippen molar-refractivity contribution < 1.29 is 4.42 Å². The monoisotopic (exact) mass is 740 g/mol. The summed E-state index contributed by atoms with van der Waals surface area (Å²) in [5.41, 5.74) is 18.1. The standard InChI is InChI=1S/C55H36N2O/c1-3-9-37(10-4-1)46-29-33-52-49(35-46)50-36-47(38-11-5-2-6-12-38)30-34-53(50)57(52)48-31-27-44(28-32-48)42-21-19-40(20-22-42)39-15-17-41(18-16-39)43-23-25-45(26-24-43)55-56-51-13-7-8-14-54(51)58-55/h1-36H. The molecule has 0 aliphatic heterocycles. The number of oxazole rings is 1. The molecule has 0 unspecified atom stereocenters. The third-order valence-corrected chi connectivity index (χ3v) is 11.3. The molecular formula is C55H36N2O. The summed E-state index contributed by atoms with van der Waals surface area (Å²) in [7, 11) is 0. The van der Waals surface area contributed by atoms with Crippen molar-refractivity contribution in [1.82, 2.24) is 9.55 Å². The molecule has 0 saturated carbocycles. The van der Waals surface area contributed by atoms with Gasteiger partial charge in [-0.2, -0.15) is 0 Å². The van der Waals surface area contributed by atoms with E-state index < -0.39 is 0 Å². The first-order chi connectivity index (χ1) is 28.7. The molecule has 9 aromatic carbocycles. The fraction of sp³-hybridized carbons (Fsp3) is 0. The summed E-state index contributed by atoms with van der Waals surface area (Å²) >= 11 is 0. The second kappa shape index (κ2) is 14.1. The molecule has 0 spiro atoms. The zero-order chi connectivity index (χ0) is 38.4. The van der Waals surface area contributed by atoms with Gasteiger partial charge in [-0.15, -0.1) is 0 Å². The zero-order valence-corrected chi connectivity index (χ0v) is 31.6. The molecule has 2 aromatic heterocycles. The van der Waals surface area contributed by atoms with Crippen LogP contribution in [0.2, 0.25) is 0 Å². The van der Waals surface area contributed by atoms with Gasteiger partial charge in [-0.05, 0) is 116 Å². The second-order valence-electron chi connectivity index (χ2n) is 14.8. The maximum absolute atomic E-state index is 5.97. The highest BCUT2D eigenvalue weighted by Crippen LogP contribution is 2.38. The van der Waals surface area contributed by atoms with Crippen LogP contribution in [-0.4, -0.2) is 9.55 Å². The van der Waals surface area contributed by atoms with Crippen molar-refractivity contribution in [2.75, 3.05) is 0 Å². The maximum Gasteiger partial charge on any atom is 0.227 e. The van der Waals surface area contributed by atoms with Crippen LogP contribution in [0.4, 0.5) is 0 Å². The minimum atomic E-state index is 0.640. The van der Waals surface area contributed by atoms with Gasteiger partial charge in [0.05, 0.1) is 11.0 Å². The molecule has 11 rings (SSSR count). The van der Waals surface area contributed by atoms with E-state index >= 15 is 0 Å². The fourth-order valence-corrected chi connectivity index (χ4v) is 8.24. The van der Waals surface area contributed by atoms with Gasteiger partial charge in [0.25, 0.3) is 0 Å². The summed E-state index contributed by atoms with van der Waals surface area (Å²) in [4.78, 5) is 4.64. The van der Waals surface area contributed by atoms with Gasteiger partial charge < -0.3 is 8.98 Å². The summed E-state index contributed by atoms with van der Waals surface area (Å²) in [6.45, 7) is 0. The second-order valence-corrected chi connectivity index (χ2v) is 14.8. The van der Waals surface area contributed by atoms with E-state index in [-0.39, 0.29) is 0 Å². The molecule has 0 aliphatic rings. The van der Waals surface area contributed by atoms with Crippen molar-refractivity contribution in [3.63, 3.8) is 0 Å². The van der Waals surface area contributed by atoms with Crippen molar-refractivity contribution in [2.24, 2.45) is 0 Å². The van der Waals surface area contributed by atoms with Gasteiger partial charge in [-0.25, -0.2) is 4.98 Å². The first kappa shape index (κ1) is 33.6. The Morgan fingerprint density at radius 1 is 0.310 bits per heavy atom. The molecule has 58 heavy (non-hydrogen) atoms. The summed E-state index contributed by atoms with van der Waals surface area (Å²) in [6, 6.07) is 77.9. The zero-order valence-electron chi connectivity index (χ0n) is 31.6. The Hall–Kier alpha value is -7.75. The molecule has 0 radical (unpaired) electrons. The average Bonchev–Trinajstić information content (AvgIpc) is 3.89. The fourth-order valence-electron chi connectivity index (χ4n) is 8.24. The van der Waals surface area contributed by atoms with E-state index in [2.05, 4.69) is 204 Å². The van der Waals surface area contributed by atoms with Gasteiger partial charge in [-0.3, -0.25) is 0 Å². The van der Waals surface area contributed by atoms with Crippen molar-refractivity contribution in [3.05, 3.63) is 218 Å². The molecule has 0 fully saturated rings. The van der Waals surface area contributed by atoms with Crippen LogP contribution in [-0.2, 0) is 0 Å². The highest BCUT2D eigenvalue weighted by molar-refractivity contribution is 6.11. The molecule has 0 N–H and O–H groups in total. The number of nitrogens with zero attached hydrogens (tertiary/aromatic N) is 2. The smallest absolute Gasteiger partial charge is 0.227 e. The van der Waals surface area contributed by atoms with Crippen LogP contribution in [0.3, 0.4) is 0 Å². The van der Waals surface area contributed by atoms with E-state index in [0.717, 1.165) is 27.9 Å². The number of hydrogen-bond acceptors (Lipinski definition) is 2. The lowest BCUT2D eigenvalue weighted by atomic mass is 9.97. The van der Waals surface area contributed by atoms with Gasteiger partial charge >= 0.3 is 0 Å². The van der Waals surface area contributed by atoms with Crippen molar-refractivity contribution in [2.45, 2.75) is 0 Å². The quantitative estimate of drug-likeness (QED) is 0.163. The molecule has 0 aliphatic carbocycles. The van der Waals surface area contributed by atoms with E-state index in [4.69, 9.17) is 4.42 Å². The minimum Gasteiger partial charge on any atom is -0.436 e. The Labute approximate surface area is 336 Å². The van der Waals surface area contributed by atoms with Crippen molar-refractivity contribution >= 4 is 32.9 Å². The molecule has 0 amide bonds. The van der Waals surface area contributed by atoms with Gasteiger partial charge in [-0.1, -0.05) is 158 Å². The SMILES string of the molecule is c1ccc(-c2ccc3c(c2)c2cc(-c4ccccc4)ccc2n3-c2ccc(-c3ccc(-c4ccc(-c5ccc(-c6nc7ccccc7o6)cc5)cc4)cc3)cc2)cc1. The lowest BCUT2D eigenvalue weighted by Gasteiger charge is -2.11. The molecular weight excluding hydrogens is 705 g/mol. The van der Waals surface area contributed by atoms with Crippen LogP contribution in [0.25, 0.3) is 106 Å². The molecule has 2 heterocycles. The van der Waals surface area contributed by atoms with Crippen molar-refractivity contribution in [1.29, 1.82) is 0 Å². The molecule has 3 nitrogen and oxygen atoms in total. The van der Waals surface area contributed by atoms with E-state index in [9.17, 15) is 0 Å². The highest BCUT2D eigenvalue weighted by atomic mass is 16.3. The summed E-state index contributed by atoms with van der Waals surface area (Å²) in [5, 5.41) is 2.49. The number of benzene rings is 9. The Balaban J connectivity index is 0.860. The number of hydrogen-bond donors (Lipinski definition) is 0. The Kier molecular flexibility index (Phi) is 8.15. The number of aromatic nitrogens is 2. The Bertz CT molecular complexity index is 3080. The van der Waals surface area contributed by atoms with Gasteiger partial charge in [0.15, 0.2) is 5.58 Å². The summed E-state index contributed by atoms with van der Waals surface area (Å²) in [6.07, 6.45) is 0. The Morgan fingerprint density at radius 2 is 0.672 bits per heavy atom. The highest BCUT2D eigenvalue weighted by Gasteiger charge is 2.15. The van der Waals surface area contributed by atoms with Crippen LogP contribution in [0, 0.1) is 0 Å². The number of para-hydroxylation sites is 2. The first-order valence-electron chi connectivity index (χ1n) is 19.7. The van der Waals surface area contributed by atoms with Crippen LogP contribution >= 0.6 is 0 Å². The molecule has 0 saturated heterocycles. The lowest BCUT2D eigenvalue weighted by Crippen LogP contribution is -1.94. The van der Waals surface area contributed by atoms with Crippen LogP contribution < -0.4 is 0 Å². The lowest BCUT2D eigenvalue weighted by molar-refractivity contribution is 0.620. The predicted molar refractivity (Wildman–Crippen MR) is 241 cm³/mol. The molecule has 0 atom stereocenters. The van der Waals surface area contributed by atoms with E-state index in [1.165, 1.54) is 71.9 Å². The van der Waals surface area contributed by atoms with Gasteiger partial charge in [0, 0.05) is 22.0 Å². The number of fused-ring (bicyclic) bond motifs is 4. The normalized spacial score (nSPS) is 11.4. The van der Waals surface area contributed by atoms with Crippen LogP contribution in [0.5, 0.6) is 0 Å². The minimum absolute atomic E-state index is 0.640. The summed E-state index contributed by atoms with van der Waals surface area (Å²) < 4.78 is 8.37.